The van der Waals surface area contributed by atoms with Crippen LogP contribution < -0.4 is 0 Å². The Balaban J connectivity index is 3.11. The number of aliphatic hydroxyl groups is 1. The Morgan fingerprint density at radius 3 is 2.25 bits per heavy atom. The van der Waals surface area contributed by atoms with E-state index >= 15 is 0 Å². The first-order valence-electron chi connectivity index (χ1n) is 4.92. The molecule has 1 unspecified atom stereocenters. The van der Waals surface area contributed by atoms with E-state index in [0.29, 0.717) is 10.6 Å². The molecule has 88 valence electrons. The summed E-state index contributed by atoms with van der Waals surface area (Å²) in [5, 5.41) is 10.6. The fourth-order valence-electron chi connectivity index (χ4n) is 1.61. The van der Waals surface area contributed by atoms with E-state index in [1.54, 1.807) is 38.1 Å². The van der Waals surface area contributed by atoms with Crippen LogP contribution in [0.1, 0.15) is 25.3 Å². The van der Waals surface area contributed by atoms with Crippen LogP contribution in [0, 0.1) is 0 Å². The van der Waals surface area contributed by atoms with Crippen LogP contribution in [0.3, 0.4) is 0 Å². The van der Waals surface area contributed by atoms with Gasteiger partial charge >= 0.3 is 5.97 Å². The lowest BCUT2D eigenvalue weighted by Gasteiger charge is -2.27. The summed E-state index contributed by atoms with van der Waals surface area (Å²) < 4.78 is 4.69. The SMILES string of the molecule is COC(=O)C(c1ccc(Cl)cc1)C(C)(C)O. The van der Waals surface area contributed by atoms with Gasteiger partial charge in [0.05, 0.1) is 12.7 Å². The first-order valence-corrected chi connectivity index (χ1v) is 5.29. The van der Waals surface area contributed by atoms with Gasteiger partial charge in [0.25, 0.3) is 0 Å². The van der Waals surface area contributed by atoms with Crippen molar-refractivity contribution in [1.29, 1.82) is 0 Å². The highest BCUT2D eigenvalue weighted by molar-refractivity contribution is 6.30. The van der Waals surface area contributed by atoms with Gasteiger partial charge in [-0.1, -0.05) is 23.7 Å². The number of hydrogen-bond donors (Lipinski definition) is 1. The first kappa shape index (κ1) is 13.0. The van der Waals surface area contributed by atoms with E-state index in [9.17, 15) is 9.90 Å². The molecule has 0 aliphatic carbocycles. The Morgan fingerprint density at radius 2 is 1.88 bits per heavy atom. The second-order valence-corrected chi connectivity index (χ2v) is 4.60. The molecule has 1 rings (SSSR count). The van der Waals surface area contributed by atoms with Gasteiger partial charge in [-0.25, -0.2) is 0 Å². The van der Waals surface area contributed by atoms with Crippen LogP contribution in [-0.4, -0.2) is 23.8 Å². The molecule has 0 saturated heterocycles. The van der Waals surface area contributed by atoms with Gasteiger partial charge in [0.2, 0.25) is 0 Å². The number of esters is 1. The van der Waals surface area contributed by atoms with Crippen LogP contribution >= 0.6 is 11.6 Å². The zero-order valence-corrected chi connectivity index (χ0v) is 10.3. The molecule has 1 N–H and O–H groups in total. The number of halogens is 1. The molecule has 0 bridgehead atoms. The summed E-state index contributed by atoms with van der Waals surface area (Å²) in [6, 6.07) is 6.78. The van der Waals surface area contributed by atoms with E-state index < -0.39 is 17.5 Å². The van der Waals surface area contributed by atoms with Crippen molar-refractivity contribution in [3.8, 4) is 0 Å². The predicted octanol–water partition coefficient (Wildman–Crippen LogP) is 2.37. The second kappa shape index (κ2) is 4.85. The van der Waals surface area contributed by atoms with Crippen molar-refractivity contribution in [2.45, 2.75) is 25.4 Å². The van der Waals surface area contributed by atoms with Gasteiger partial charge in [0.1, 0.15) is 5.92 Å². The van der Waals surface area contributed by atoms with Gasteiger partial charge in [-0.2, -0.15) is 0 Å². The number of ether oxygens (including phenoxy) is 1. The molecule has 0 fully saturated rings. The molecule has 0 aromatic heterocycles. The van der Waals surface area contributed by atoms with Crippen LogP contribution in [0.15, 0.2) is 24.3 Å². The van der Waals surface area contributed by atoms with Crippen molar-refractivity contribution in [2.24, 2.45) is 0 Å². The molecule has 0 radical (unpaired) electrons. The third-order valence-electron chi connectivity index (χ3n) is 2.35. The van der Waals surface area contributed by atoms with Gasteiger partial charge in [-0.15, -0.1) is 0 Å². The summed E-state index contributed by atoms with van der Waals surface area (Å²) in [6.45, 7) is 3.15. The fraction of sp³-hybridized carbons (Fsp3) is 0.417. The summed E-state index contributed by atoms with van der Waals surface area (Å²) in [5.41, 5.74) is -0.496. The number of rotatable bonds is 3. The van der Waals surface area contributed by atoms with Crippen LogP contribution in [0.4, 0.5) is 0 Å². The number of carbonyl (C=O) groups excluding carboxylic acids is 1. The molecule has 3 nitrogen and oxygen atoms in total. The van der Waals surface area contributed by atoms with Gasteiger partial charge in [-0.05, 0) is 31.5 Å². The Kier molecular flexibility index (Phi) is 3.94. The van der Waals surface area contributed by atoms with E-state index in [2.05, 4.69) is 0 Å². The maximum atomic E-state index is 11.6. The summed E-state index contributed by atoms with van der Waals surface area (Å²) in [7, 11) is 1.30. The molecular formula is C12H15ClO3. The lowest BCUT2D eigenvalue weighted by atomic mass is 9.85. The Morgan fingerprint density at radius 1 is 1.38 bits per heavy atom. The average molecular weight is 243 g/mol. The van der Waals surface area contributed by atoms with Crippen molar-refractivity contribution in [1.82, 2.24) is 0 Å². The highest BCUT2D eigenvalue weighted by atomic mass is 35.5. The summed E-state index contributed by atoms with van der Waals surface area (Å²) in [4.78, 5) is 11.6. The third kappa shape index (κ3) is 2.97. The minimum absolute atomic E-state index is 0.463. The first-order chi connectivity index (χ1) is 7.36. The number of hydrogen-bond acceptors (Lipinski definition) is 3. The fourth-order valence-corrected chi connectivity index (χ4v) is 1.73. The number of benzene rings is 1. The van der Waals surface area contributed by atoms with Crippen LogP contribution in [0.25, 0.3) is 0 Å². The highest BCUT2D eigenvalue weighted by Gasteiger charge is 2.35. The van der Waals surface area contributed by atoms with Crippen molar-refractivity contribution < 1.29 is 14.6 Å². The standard InChI is InChI=1S/C12H15ClO3/c1-12(2,15)10(11(14)16-3)8-4-6-9(13)7-5-8/h4-7,10,15H,1-3H3. The summed E-state index contributed by atoms with van der Waals surface area (Å²) >= 11 is 5.77. The maximum Gasteiger partial charge on any atom is 0.316 e. The van der Waals surface area contributed by atoms with Crippen molar-refractivity contribution in [2.75, 3.05) is 7.11 Å². The van der Waals surface area contributed by atoms with Crippen LogP contribution in [0.5, 0.6) is 0 Å². The van der Waals surface area contributed by atoms with Gasteiger partial charge in [0, 0.05) is 5.02 Å². The molecule has 1 aromatic rings. The van der Waals surface area contributed by atoms with Gasteiger partial charge in [-0.3, -0.25) is 4.79 Å². The Labute approximate surface area is 100.0 Å². The van der Waals surface area contributed by atoms with Crippen molar-refractivity contribution in [3.63, 3.8) is 0 Å². The Bertz CT molecular complexity index is 365. The molecule has 0 aliphatic heterocycles. The molecule has 0 heterocycles. The van der Waals surface area contributed by atoms with E-state index in [4.69, 9.17) is 16.3 Å². The molecule has 0 spiro atoms. The van der Waals surface area contributed by atoms with Crippen molar-refractivity contribution in [3.05, 3.63) is 34.9 Å². The molecule has 16 heavy (non-hydrogen) atoms. The number of carbonyl (C=O) groups is 1. The minimum Gasteiger partial charge on any atom is -0.468 e. The van der Waals surface area contributed by atoms with E-state index in [0.717, 1.165) is 0 Å². The third-order valence-corrected chi connectivity index (χ3v) is 2.60. The van der Waals surface area contributed by atoms with Gasteiger partial charge < -0.3 is 9.84 Å². The van der Waals surface area contributed by atoms with Crippen LogP contribution in [0.2, 0.25) is 5.02 Å². The second-order valence-electron chi connectivity index (χ2n) is 4.16. The van der Waals surface area contributed by atoms with E-state index in [-0.39, 0.29) is 0 Å². The molecule has 0 saturated carbocycles. The van der Waals surface area contributed by atoms with E-state index in [1.165, 1.54) is 7.11 Å². The Hall–Kier alpha value is -1.06. The predicted molar refractivity (Wildman–Crippen MR) is 62.5 cm³/mol. The highest BCUT2D eigenvalue weighted by Crippen LogP contribution is 2.29. The average Bonchev–Trinajstić information content (AvgIpc) is 2.19. The monoisotopic (exact) mass is 242 g/mol. The quantitative estimate of drug-likeness (QED) is 0.828. The molecule has 0 aliphatic rings. The largest absolute Gasteiger partial charge is 0.468 e. The molecule has 4 heteroatoms. The minimum atomic E-state index is -1.18. The van der Waals surface area contributed by atoms with Crippen LogP contribution in [-0.2, 0) is 9.53 Å². The van der Waals surface area contributed by atoms with E-state index in [1.807, 2.05) is 0 Å². The summed E-state index contributed by atoms with van der Waals surface area (Å²) in [6.07, 6.45) is 0. The molecule has 1 aromatic carbocycles. The lowest BCUT2D eigenvalue weighted by molar-refractivity contribution is -0.148. The van der Waals surface area contributed by atoms with Gasteiger partial charge in [0.15, 0.2) is 0 Å². The molecular weight excluding hydrogens is 228 g/mol. The summed E-state index contributed by atoms with van der Waals surface area (Å²) in [5.74, 6) is -1.18. The smallest absolute Gasteiger partial charge is 0.316 e. The lowest BCUT2D eigenvalue weighted by Crippen LogP contribution is -2.35. The molecule has 0 amide bonds. The topological polar surface area (TPSA) is 46.5 Å². The number of methoxy groups -OCH3 is 1. The molecule has 1 atom stereocenters. The zero-order valence-electron chi connectivity index (χ0n) is 9.53. The van der Waals surface area contributed by atoms with Crippen molar-refractivity contribution >= 4 is 17.6 Å². The zero-order chi connectivity index (χ0) is 12.3. The maximum absolute atomic E-state index is 11.6. The normalized spacial score (nSPS) is 13.3.